The lowest BCUT2D eigenvalue weighted by Crippen LogP contribution is -2.53. The van der Waals surface area contributed by atoms with E-state index in [-0.39, 0.29) is 0 Å². The summed E-state index contributed by atoms with van der Waals surface area (Å²) in [5.41, 5.74) is 0. The molecule has 18 heavy (non-hydrogen) atoms. The van der Waals surface area contributed by atoms with Crippen molar-refractivity contribution in [2.75, 3.05) is 7.11 Å². The Morgan fingerprint density at radius 1 is 1.11 bits per heavy atom. The van der Waals surface area contributed by atoms with E-state index in [9.17, 15) is 31.5 Å². The molecule has 0 radical (unpaired) electrons. The maximum atomic E-state index is 12.4. The maximum Gasteiger partial charge on any atom is 0.796 e. The summed E-state index contributed by atoms with van der Waals surface area (Å²) in [6, 6.07) is 0. The standard InChI is InChI=1S/C6H4BF5O6/c1-15-2-3(13)16-7(17-4(2)14)18-6(11,12)5(8,9)10/h2H,1H3. The van der Waals surface area contributed by atoms with Gasteiger partial charge in [-0.1, -0.05) is 0 Å². The first kappa shape index (κ1) is 14.6. The van der Waals surface area contributed by atoms with Crippen LogP contribution in [0.1, 0.15) is 0 Å². The third-order valence-electron chi connectivity index (χ3n) is 1.66. The van der Waals surface area contributed by atoms with Gasteiger partial charge < -0.3 is 14.0 Å². The Labute approximate surface area is 96.1 Å². The first-order chi connectivity index (χ1) is 8.08. The first-order valence-electron chi connectivity index (χ1n) is 4.14. The summed E-state index contributed by atoms with van der Waals surface area (Å²) in [4.78, 5) is 21.9. The highest BCUT2D eigenvalue weighted by Gasteiger charge is 2.64. The number of hydrogen-bond donors (Lipinski definition) is 0. The van der Waals surface area contributed by atoms with Gasteiger partial charge in [0.15, 0.2) is 0 Å². The van der Waals surface area contributed by atoms with Crippen molar-refractivity contribution in [1.82, 2.24) is 0 Å². The fraction of sp³-hybridized carbons (Fsp3) is 0.667. The van der Waals surface area contributed by atoms with Crippen LogP contribution in [0.5, 0.6) is 0 Å². The summed E-state index contributed by atoms with van der Waals surface area (Å²) in [6.07, 6.45) is -13.5. The lowest BCUT2D eigenvalue weighted by Gasteiger charge is -2.26. The number of carbonyl (C=O) groups is 2. The summed E-state index contributed by atoms with van der Waals surface area (Å²) in [5.74, 6) is -3.01. The Morgan fingerprint density at radius 2 is 1.56 bits per heavy atom. The van der Waals surface area contributed by atoms with E-state index < -0.39 is 37.6 Å². The van der Waals surface area contributed by atoms with Crippen molar-refractivity contribution in [1.29, 1.82) is 0 Å². The average molecular weight is 278 g/mol. The van der Waals surface area contributed by atoms with Gasteiger partial charge in [-0.2, -0.15) is 22.0 Å². The topological polar surface area (TPSA) is 71.1 Å². The van der Waals surface area contributed by atoms with Crippen LogP contribution in [-0.4, -0.2) is 44.8 Å². The molecular formula is C6H4BF5O6. The van der Waals surface area contributed by atoms with Crippen LogP contribution in [0.25, 0.3) is 0 Å². The highest BCUT2D eigenvalue weighted by atomic mass is 19.4. The van der Waals surface area contributed by atoms with Gasteiger partial charge >= 0.3 is 31.5 Å². The molecular weight excluding hydrogens is 274 g/mol. The number of carbonyl (C=O) groups excluding carboxylic acids is 2. The Balaban J connectivity index is 2.72. The second-order valence-electron chi connectivity index (χ2n) is 2.91. The minimum Gasteiger partial charge on any atom is -0.471 e. The molecule has 0 aromatic rings. The van der Waals surface area contributed by atoms with Gasteiger partial charge in [0.25, 0.3) is 0 Å². The molecule has 1 rings (SSSR count). The van der Waals surface area contributed by atoms with E-state index in [0.717, 1.165) is 7.11 Å². The molecule has 0 N–H and O–H groups in total. The first-order valence-corrected chi connectivity index (χ1v) is 4.14. The Kier molecular flexibility index (Phi) is 3.81. The summed E-state index contributed by atoms with van der Waals surface area (Å²) in [7, 11) is -1.90. The SMILES string of the molecule is COC1C(=O)OB(OC(F)(F)C(F)(F)F)OC1=O. The largest absolute Gasteiger partial charge is 0.796 e. The molecule has 0 unspecified atom stereocenters. The van der Waals surface area contributed by atoms with Crippen LogP contribution in [-0.2, 0) is 28.3 Å². The van der Waals surface area contributed by atoms with Crippen molar-refractivity contribution in [3.05, 3.63) is 0 Å². The van der Waals surface area contributed by atoms with Gasteiger partial charge in [-0.3, -0.25) is 14.2 Å². The predicted octanol–water partition coefficient (Wildman–Crippen LogP) is 0.258. The van der Waals surface area contributed by atoms with Crippen molar-refractivity contribution < 1.29 is 50.2 Å². The smallest absolute Gasteiger partial charge is 0.471 e. The third kappa shape index (κ3) is 2.87. The van der Waals surface area contributed by atoms with E-state index in [2.05, 4.69) is 18.7 Å². The Morgan fingerprint density at radius 3 is 1.89 bits per heavy atom. The molecule has 1 heterocycles. The molecule has 0 atom stereocenters. The van der Waals surface area contributed by atoms with Crippen molar-refractivity contribution in [3.8, 4) is 0 Å². The predicted molar refractivity (Wildman–Crippen MR) is 40.8 cm³/mol. The van der Waals surface area contributed by atoms with Gasteiger partial charge in [-0.15, -0.1) is 0 Å². The van der Waals surface area contributed by atoms with Crippen LogP contribution in [0.3, 0.4) is 0 Å². The Hall–Kier alpha value is -1.43. The second-order valence-corrected chi connectivity index (χ2v) is 2.91. The van der Waals surface area contributed by atoms with Crippen LogP contribution < -0.4 is 0 Å². The fourth-order valence-electron chi connectivity index (χ4n) is 0.862. The van der Waals surface area contributed by atoms with Gasteiger partial charge in [-0.25, -0.2) is 0 Å². The van der Waals surface area contributed by atoms with Gasteiger partial charge in [0, 0.05) is 7.11 Å². The van der Waals surface area contributed by atoms with Crippen LogP contribution in [0.4, 0.5) is 22.0 Å². The molecule has 102 valence electrons. The maximum absolute atomic E-state index is 12.4. The lowest BCUT2D eigenvalue weighted by atomic mass is 10.1. The van der Waals surface area contributed by atoms with E-state index in [1.807, 2.05) is 0 Å². The van der Waals surface area contributed by atoms with E-state index >= 15 is 0 Å². The van der Waals surface area contributed by atoms with Gasteiger partial charge in [0.05, 0.1) is 0 Å². The van der Waals surface area contributed by atoms with Crippen molar-refractivity contribution >= 4 is 19.3 Å². The lowest BCUT2D eigenvalue weighted by molar-refractivity contribution is -0.369. The zero-order valence-electron chi connectivity index (χ0n) is 8.49. The molecule has 1 aliphatic rings. The normalized spacial score (nSPS) is 18.7. The summed E-state index contributed by atoms with van der Waals surface area (Å²) in [6.45, 7) is 0. The molecule has 0 aromatic heterocycles. The molecule has 0 spiro atoms. The van der Waals surface area contributed by atoms with Crippen LogP contribution >= 0.6 is 0 Å². The monoisotopic (exact) mass is 278 g/mol. The van der Waals surface area contributed by atoms with Crippen LogP contribution in [0, 0.1) is 0 Å². The second kappa shape index (κ2) is 4.68. The molecule has 6 nitrogen and oxygen atoms in total. The summed E-state index contributed by atoms with van der Waals surface area (Å²) >= 11 is 0. The van der Waals surface area contributed by atoms with E-state index in [4.69, 9.17) is 0 Å². The average Bonchev–Trinajstić information content (AvgIpc) is 2.14. The van der Waals surface area contributed by atoms with Gasteiger partial charge in [-0.05, 0) is 0 Å². The molecule has 1 aliphatic heterocycles. The van der Waals surface area contributed by atoms with E-state index in [1.54, 1.807) is 0 Å². The van der Waals surface area contributed by atoms with E-state index in [0.29, 0.717) is 0 Å². The quantitative estimate of drug-likeness (QED) is 0.419. The van der Waals surface area contributed by atoms with Crippen molar-refractivity contribution in [3.63, 3.8) is 0 Å². The molecule has 1 saturated heterocycles. The molecule has 0 aromatic carbocycles. The highest BCUT2D eigenvalue weighted by Crippen LogP contribution is 2.37. The van der Waals surface area contributed by atoms with E-state index in [1.165, 1.54) is 0 Å². The molecule has 12 heteroatoms. The molecule has 0 saturated carbocycles. The molecule has 0 aliphatic carbocycles. The fourth-order valence-corrected chi connectivity index (χ4v) is 0.862. The zero-order chi connectivity index (χ0) is 14.1. The Bertz CT molecular complexity index is 339. The number of halogens is 5. The molecule has 0 amide bonds. The zero-order valence-corrected chi connectivity index (χ0v) is 8.49. The minimum absolute atomic E-state index is 0.901. The third-order valence-corrected chi connectivity index (χ3v) is 1.66. The van der Waals surface area contributed by atoms with Gasteiger partial charge in [0.2, 0.25) is 6.10 Å². The van der Waals surface area contributed by atoms with Crippen LogP contribution in [0.2, 0.25) is 0 Å². The van der Waals surface area contributed by atoms with Crippen molar-refractivity contribution in [2.45, 2.75) is 18.4 Å². The van der Waals surface area contributed by atoms with Gasteiger partial charge in [0.1, 0.15) is 0 Å². The number of methoxy groups -OCH3 is 1. The molecule has 0 bridgehead atoms. The van der Waals surface area contributed by atoms with Crippen molar-refractivity contribution in [2.24, 2.45) is 0 Å². The summed E-state index contributed by atoms with van der Waals surface area (Å²) in [5, 5.41) is 0. The molecule has 1 fully saturated rings. The summed E-state index contributed by atoms with van der Waals surface area (Å²) < 4.78 is 75.1. The number of alkyl halides is 5. The number of ether oxygens (including phenoxy) is 1. The van der Waals surface area contributed by atoms with Crippen LogP contribution in [0.15, 0.2) is 0 Å². The minimum atomic E-state index is -6.05. The number of hydrogen-bond acceptors (Lipinski definition) is 6. The highest BCUT2D eigenvalue weighted by molar-refractivity contribution is 6.45. The number of rotatable bonds is 3.